The number of anilines is 1. The highest BCUT2D eigenvalue weighted by atomic mass is 35.5. The number of carbonyl (C=O) groups is 2. The van der Waals surface area contributed by atoms with Crippen LogP contribution >= 0.6 is 11.6 Å². The fourth-order valence-corrected chi connectivity index (χ4v) is 3.18. The Morgan fingerprint density at radius 2 is 1.93 bits per heavy atom. The molecule has 0 spiro atoms. The predicted octanol–water partition coefficient (Wildman–Crippen LogP) is 3.03. The lowest BCUT2D eigenvalue weighted by Gasteiger charge is -2.14. The lowest BCUT2D eigenvalue weighted by atomic mass is 10.0. The van der Waals surface area contributed by atoms with E-state index < -0.39 is 6.04 Å². The van der Waals surface area contributed by atoms with Gasteiger partial charge in [0.15, 0.2) is 0 Å². The summed E-state index contributed by atoms with van der Waals surface area (Å²) in [5.41, 5.74) is 8.09. The van der Waals surface area contributed by atoms with Gasteiger partial charge in [-0.3, -0.25) is 9.59 Å². The molecule has 27 heavy (non-hydrogen) atoms. The fourth-order valence-electron chi connectivity index (χ4n) is 3.00. The molecule has 3 rings (SSSR count). The summed E-state index contributed by atoms with van der Waals surface area (Å²) >= 11 is 6.06. The summed E-state index contributed by atoms with van der Waals surface area (Å²) in [6, 6.07) is 14.4. The minimum Gasteiger partial charge on any atom is -0.352 e. The Morgan fingerprint density at radius 3 is 2.67 bits per heavy atom. The molecule has 2 amide bonds. The third-order valence-electron chi connectivity index (χ3n) is 4.44. The van der Waals surface area contributed by atoms with Gasteiger partial charge in [0.2, 0.25) is 5.91 Å². The van der Waals surface area contributed by atoms with Crippen molar-refractivity contribution in [3.8, 4) is 0 Å². The van der Waals surface area contributed by atoms with Crippen LogP contribution in [-0.4, -0.2) is 24.4 Å². The molecule has 2 aromatic carbocycles. The zero-order valence-electron chi connectivity index (χ0n) is 15.1. The molecule has 1 fully saturated rings. The van der Waals surface area contributed by atoms with Crippen LogP contribution in [0.25, 0.3) is 0 Å². The molecule has 0 bridgehead atoms. The van der Waals surface area contributed by atoms with Crippen LogP contribution in [0.2, 0.25) is 5.02 Å². The zero-order valence-corrected chi connectivity index (χ0v) is 15.8. The van der Waals surface area contributed by atoms with Gasteiger partial charge in [-0.1, -0.05) is 48.9 Å². The van der Waals surface area contributed by atoms with Crippen molar-refractivity contribution >= 4 is 29.1 Å². The number of benzene rings is 2. The SMILES string of the molecule is CCCNC(=O)c1ccc(Cl)cc1NC(=O)C1CC(c2ccccc2)NN1. The molecule has 4 N–H and O–H groups in total. The summed E-state index contributed by atoms with van der Waals surface area (Å²) in [5, 5.41) is 6.11. The van der Waals surface area contributed by atoms with Crippen molar-refractivity contribution in [1.82, 2.24) is 16.2 Å². The van der Waals surface area contributed by atoms with E-state index in [1.54, 1.807) is 18.2 Å². The second-order valence-corrected chi connectivity index (χ2v) is 6.91. The molecule has 7 heteroatoms. The van der Waals surface area contributed by atoms with Gasteiger partial charge < -0.3 is 10.6 Å². The predicted molar refractivity (Wildman–Crippen MR) is 107 cm³/mol. The lowest BCUT2D eigenvalue weighted by Crippen LogP contribution is -2.40. The topological polar surface area (TPSA) is 82.3 Å². The van der Waals surface area contributed by atoms with Gasteiger partial charge in [-0.05, 0) is 36.6 Å². The van der Waals surface area contributed by atoms with Crippen molar-refractivity contribution in [2.45, 2.75) is 31.8 Å². The van der Waals surface area contributed by atoms with E-state index in [1.807, 2.05) is 37.3 Å². The number of hydrazine groups is 1. The van der Waals surface area contributed by atoms with Crippen LogP contribution in [0.15, 0.2) is 48.5 Å². The summed E-state index contributed by atoms with van der Waals surface area (Å²) in [6.07, 6.45) is 1.44. The highest BCUT2D eigenvalue weighted by molar-refractivity contribution is 6.31. The van der Waals surface area contributed by atoms with Gasteiger partial charge in [-0.2, -0.15) is 0 Å². The highest BCUT2D eigenvalue weighted by Gasteiger charge is 2.30. The molecule has 6 nitrogen and oxygen atoms in total. The molecule has 142 valence electrons. The minimum atomic E-state index is -0.416. The molecular weight excluding hydrogens is 364 g/mol. The van der Waals surface area contributed by atoms with Crippen LogP contribution < -0.4 is 21.5 Å². The average Bonchev–Trinajstić information content (AvgIpc) is 3.17. The van der Waals surface area contributed by atoms with Crippen molar-refractivity contribution in [2.75, 3.05) is 11.9 Å². The van der Waals surface area contributed by atoms with Crippen LogP contribution in [0.1, 0.15) is 41.7 Å². The van der Waals surface area contributed by atoms with E-state index in [1.165, 1.54) is 0 Å². The van der Waals surface area contributed by atoms with Crippen molar-refractivity contribution in [3.63, 3.8) is 0 Å². The minimum absolute atomic E-state index is 0.0497. The Morgan fingerprint density at radius 1 is 1.15 bits per heavy atom. The zero-order chi connectivity index (χ0) is 19.2. The van der Waals surface area contributed by atoms with Gasteiger partial charge in [0.25, 0.3) is 5.91 Å². The van der Waals surface area contributed by atoms with Crippen LogP contribution in [0.3, 0.4) is 0 Å². The maximum atomic E-state index is 12.7. The summed E-state index contributed by atoms with van der Waals surface area (Å²) < 4.78 is 0. The molecule has 2 unspecified atom stereocenters. The molecule has 2 aromatic rings. The van der Waals surface area contributed by atoms with E-state index in [0.29, 0.717) is 29.2 Å². The van der Waals surface area contributed by atoms with Crippen molar-refractivity contribution in [2.24, 2.45) is 0 Å². The Bertz CT molecular complexity index is 813. The normalized spacial score (nSPS) is 18.9. The summed E-state index contributed by atoms with van der Waals surface area (Å²) in [4.78, 5) is 25.0. The molecule has 1 aliphatic rings. The summed E-state index contributed by atoms with van der Waals surface area (Å²) in [7, 11) is 0. The summed E-state index contributed by atoms with van der Waals surface area (Å²) in [5.74, 6) is -0.448. The first-order valence-electron chi connectivity index (χ1n) is 9.03. The van der Waals surface area contributed by atoms with Gasteiger partial charge in [0.1, 0.15) is 6.04 Å². The third kappa shape index (κ3) is 4.86. The van der Waals surface area contributed by atoms with Crippen molar-refractivity contribution in [1.29, 1.82) is 0 Å². The summed E-state index contributed by atoms with van der Waals surface area (Å²) in [6.45, 7) is 2.55. The first-order chi connectivity index (χ1) is 13.1. The first-order valence-corrected chi connectivity index (χ1v) is 9.41. The third-order valence-corrected chi connectivity index (χ3v) is 4.68. The molecule has 2 atom stereocenters. The fraction of sp³-hybridized carbons (Fsp3) is 0.300. The van der Waals surface area contributed by atoms with E-state index in [-0.39, 0.29) is 17.9 Å². The van der Waals surface area contributed by atoms with Gasteiger partial charge >= 0.3 is 0 Å². The number of carbonyl (C=O) groups excluding carboxylic acids is 2. The molecule has 1 saturated heterocycles. The molecule has 1 aliphatic heterocycles. The number of hydrogen-bond donors (Lipinski definition) is 4. The second kappa shape index (κ2) is 8.99. The van der Waals surface area contributed by atoms with Crippen LogP contribution in [-0.2, 0) is 4.79 Å². The second-order valence-electron chi connectivity index (χ2n) is 6.48. The van der Waals surface area contributed by atoms with E-state index in [0.717, 1.165) is 12.0 Å². The van der Waals surface area contributed by atoms with Crippen LogP contribution in [0, 0.1) is 0 Å². The quantitative estimate of drug-likeness (QED) is 0.615. The smallest absolute Gasteiger partial charge is 0.253 e. The van der Waals surface area contributed by atoms with Crippen molar-refractivity contribution in [3.05, 3.63) is 64.7 Å². The number of hydrogen-bond acceptors (Lipinski definition) is 4. The van der Waals surface area contributed by atoms with Gasteiger partial charge in [-0.15, -0.1) is 0 Å². The first kappa shape index (κ1) is 19.4. The maximum Gasteiger partial charge on any atom is 0.253 e. The lowest BCUT2D eigenvalue weighted by molar-refractivity contribution is -0.117. The standard InChI is InChI=1S/C20H23ClN4O2/c1-2-10-22-19(26)15-9-8-14(21)11-17(15)23-20(27)18-12-16(24-25-18)13-6-4-3-5-7-13/h3-9,11,16,18,24-25H,2,10,12H2,1H3,(H,22,26)(H,23,27). The van der Waals surface area contributed by atoms with E-state index in [4.69, 9.17) is 11.6 Å². The van der Waals surface area contributed by atoms with Crippen LogP contribution in [0.4, 0.5) is 5.69 Å². The number of halogens is 1. The number of amides is 2. The monoisotopic (exact) mass is 386 g/mol. The van der Waals surface area contributed by atoms with Crippen LogP contribution in [0.5, 0.6) is 0 Å². The van der Waals surface area contributed by atoms with Gasteiger partial charge in [0.05, 0.1) is 11.3 Å². The van der Waals surface area contributed by atoms with Crippen molar-refractivity contribution < 1.29 is 9.59 Å². The molecule has 0 radical (unpaired) electrons. The average molecular weight is 387 g/mol. The molecule has 1 heterocycles. The Balaban J connectivity index is 1.69. The Hall–Kier alpha value is -2.41. The molecule has 0 aromatic heterocycles. The van der Waals surface area contributed by atoms with Gasteiger partial charge in [-0.25, -0.2) is 10.9 Å². The van der Waals surface area contributed by atoms with Gasteiger partial charge in [0, 0.05) is 17.6 Å². The molecule has 0 saturated carbocycles. The Labute approximate surface area is 163 Å². The maximum absolute atomic E-state index is 12.7. The highest BCUT2D eigenvalue weighted by Crippen LogP contribution is 2.25. The van der Waals surface area contributed by atoms with E-state index in [2.05, 4.69) is 21.5 Å². The van der Waals surface area contributed by atoms with E-state index >= 15 is 0 Å². The largest absolute Gasteiger partial charge is 0.352 e. The van der Waals surface area contributed by atoms with E-state index in [9.17, 15) is 9.59 Å². The number of nitrogens with one attached hydrogen (secondary N) is 4. The molecule has 0 aliphatic carbocycles. The Kier molecular flexibility index (Phi) is 6.45. The number of rotatable bonds is 6. The molecular formula is C20H23ClN4O2.